The van der Waals surface area contributed by atoms with Crippen LogP contribution in [0.3, 0.4) is 0 Å². The molecule has 0 spiro atoms. The number of benzene rings is 4. The molecular weight excluding hydrogens is 857 g/mol. The number of nitrogens with one attached hydrogen (secondary N) is 2. The molecule has 13 heteroatoms. The van der Waals surface area contributed by atoms with E-state index in [9.17, 15) is 25.9 Å². The van der Waals surface area contributed by atoms with E-state index in [4.69, 9.17) is 0 Å². The summed E-state index contributed by atoms with van der Waals surface area (Å²) < 4.78 is 71.5. The summed E-state index contributed by atoms with van der Waals surface area (Å²) in [4.78, 5) is 3.84. The summed E-state index contributed by atoms with van der Waals surface area (Å²) in [6.45, 7) is 5.61. The third-order valence-corrected chi connectivity index (χ3v) is 13.8. The first-order valence-corrected chi connectivity index (χ1v) is 26.1. The van der Waals surface area contributed by atoms with Gasteiger partial charge in [-0.1, -0.05) is 189 Å². The van der Waals surface area contributed by atoms with Gasteiger partial charge in [0.15, 0.2) is 0 Å². The second-order valence-corrected chi connectivity index (χ2v) is 19.7. The molecule has 10 nitrogen and oxygen atoms in total. The molecule has 0 bridgehead atoms. The smallest absolute Gasteiger partial charge is 0.744 e. The molecule has 0 amide bonds. The van der Waals surface area contributed by atoms with Gasteiger partial charge in [0.25, 0.3) is 0 Å². The number of anilines is 4. The van der Waals surface area contributed by atoms with Crippen LogP contribution in [0.5, 0.6) is 0 Å². The Labute approximate surface area is 409 Å². The Morgan fingerprint density at radius 1 is 0.444 bits per heavy atom. The Balaban J connectivity index is 0.000000272. The number of hydrogen-bond acceptors (Lipinski definition) is 10. The molecule has 2 N–H and O–H groups in total. The number of unbranched alkanes of at least 4 members (excludes halogenated alkanes) is 16. The molecule has 0 saturated carbocycles. The van der Waals surface area contributed by atoms with E-state index in [1.165, 1.54) is 115 Å². The molecule has 0 aromatic heterocycles. The van der Waals surface area contributed by atoms with E-state index >= 15 is 0 Å². The summed E-state index contributed by atoms with van der Waals surface area (Å²) in [5.74, 6) is 0. The number of rotatable bonds is 26. The van der Waals surface area contributed by atoms with Crippen LogP contribution in [0.25, 0.3) is 0 Å². The van der Waals surface area contributed by atoms with Crippen molar-refractivity contribution >= 4 is 80.7 Å². The predicted molar refractivity (Wildman–Crippen MR) is 258 cm³/mol. The second kappa shape index (κ2) is 27.6. The van der Waals surface area contributed by atoms with Crippen LogP contribution in [0, 0.1) is 0 Å². The normalized spacial score (nSPS) is 15.4. The molecule has 0 radical (unpaired) electrons. The zero-order valence-electron chi connectivity index (χ0n) is 37.8. The Kier molecular flexibility index (Phi) is 23.1. The van der Waals surface area contributed by atoms with Gasteiger partial charge in [-0.2, -0.15) is 0 Å². The van der Waals surface area contributed by atoms with Crippen molar-refractivity contribution in [2.75, 3.05) is 20.4 Å². The fraction of sp³-hybridized carbons (Fsp3) is 0.520. The van der Waals surface area contributed by atoms with Crippen molar-refractivity contribution in [1.29, 1.82) is 0 Å². The summed E-state index contributed by atoms with van der Waals surface area (Å²) in [6.07, 6.45) is 24.6. The Morgan fingerprint density at radius 3 is 1.08 bits per heavy atom. The van der Waals surface area contributed by atoms with Crippen molar-refractivity contribution in [1.82, 2.24) is 0 Å². The molecule has 2 unspecified atom stereocenters. The fourth-order valence-electron chi connectivity index (χ4n) is 8.79. The van der Waals surface area contributed by atoms with Crippen LogP contribution in [0.1, 0.15) is 153 Å². The minimum Gasteiger partial charge on any atom is -0.744 e. The topological polar surface area (TPSA) is 145 Å². The molecule has 2 aliphatic rings. The van der Waals surface area contributed by atoms with Gasteiger partial charge in [0.2, 0.25) is 0 Å². The third kappa shape index (κ3) is 16.8. The standard InChI is InChI=1S/2C25H36N2O3S.Ca/c2*1-2-3-4-5-6-7-8-9-13-19-24-26-22-17-14-18-23(31(28,29)30)25(22)27(24)20-21-15-11-10-12-16-21;/h2*10-12,14-18,24,26H,2-9,13,19-20H2,1H3,(H,28,29,30);/q;;+2/p-2. The van der Waals surface area contributed by atoms with Gasteiger partial charge in [-0.3, -0.25) is 0 Å². The number of nitrogens with zero attached hydrogens (tertiary/aromatic N) is 2. The Hall–Kier alpha value is -2.84. The van der Waals surface area contributed by atoms with Gasteiger partial charge in [0.1, 0.15) is 20.2 Å². The fourth-order valence-corrected chi connectivity index (χ4v) is 10.2. The summed E-state index contributed by atoms with van der Waals surface area (Å²) in [5.41, 5.74) is 4.67. The molecular formula is C50H70CaN4O6S2. The van der Waals surface area contributed by atoms with Gasteiger partial charge in [-0.15, -0.1) is 0 Å². The molecule has 0 aliphatic carbocycles. The average Bonchev–Trinajstić information content (AvgIpc) is 3.79. The zero-order valence-corrected chi connectivity index (χ0v) is 41.7. The van der Waals surface area contributed by atoms with Crippen molar-refractivity contribution in [2.45, 2.75) is 177 Å². The largest absolute Gasteiger partial charge is 2.00 e. The van der Waals surface area contributed by atoms with E-state index < -0.39 is 20.2 Å². The van der Waals surface area contributed by atoms with Gasteiger partial charge in [0, 0.05) is 13.1 Å². The monoisotopic (exact) mass is 926 g/mol. The molecule has 0 fully saturated rings. The molecule has 4 aromatic carbocycles. The second-order valence-electron chi connectivity index (χ2n) is 17.0. The maximum atomic E-state index is 11.9. The van der Waals surface area contributed by atoms with E-state index in [0.29, 0.717) is 24.5 Å². The first kappa shape index (κ1) is 52.8. The van der Waals surface area contributed by atoms with Gasteiger partial charge in [-0.05, 0) is 61.1 Å². The number of fused-ring (bicyclic) bond motifs is 2. The maximum absolute atomic E-state index is 11.9. The number of para-hydroxylation sites is 2. The maximum Gasteiger partial charge on any atom is 2.00 e. The van der Waals surface area contributed by atoms with Crippen LogP contribution in [0.4, 0.5) is 22.7 Å². The SMILES string of the molecule is CCCCCCCCCCCC1Nc2cccc(S(=O)(=O)[O-])c2N1Cc1ccccc1.CCCCCCCCCCCC1Nc2cccc(S(=O)(=O)[O-])c2N1Cc1ccccc1.[Ca+2]. The van der Waals surface area contributed by atoms with Gasteiger partial charge >= 0.3 is 37.7 Å². The summed E-state index contributed by atoms with van der Waals surface area (Å²) in [7, 11) is -9.10. The molecule has 6 rings (SSSR count). The van der Waals surface area contributed by atoms with Crippen LogP contribution in [-0.2, 0) is 33.3 Å². The molecule has 340 valence electrons. The van der Waals surface area contributed by atoms with Crippen LogP contribution in [0.2, 0.25) is 0 Å². The Morgan fingerprint density at radius 2 is 0.762 bits per heavy atom. The van der Waals surface area contributed by atoms with E-state index in [1.54, 1.807) is 12.1 Å². The minimum absolute atomic E-state index is 0. The van der Waals surface area contributed by atoms with E-state index in [-0.39, 0.29) is 59.9 Å². The summed E-state index contributed by atoms with van der Waals surface area (Å²) in [5, 5.41) is 6.93. The molecule has 2 heterocycles. The molecule has 63 heavy (non-hydrogen) atoms. The minimum atomic E-state index is -4.55. The first-order chi connectivity index (χ1) is 30.0. The van der Waals surface area contributed by atoms with Gasteiger partial charge < -0.3 is 29.5 Å². The summed E-state index contributed by atoms with van der Waals surface area (Å²) in [6, 6.07) is 29.8. The van der Waals surface area contributed by atoms with Crippen molar-refractivity contribution in [3.05, 3.63) is 108 Å². The molecule has 4 aromatic rings. The van der Waals surface area contributed by atoms with E-state index in [2.05, 4.69) is 34.3 Å². The zero-order chi connectivity index (χ0) is 44.2. The average molecular weight is 927 g/mol. The van der Waals surface area contributed by atoms with Crippen molar-refractivity contribution in [3.63, 3.8) is 0 Å². The summed E-state index contributed by atoms with van der Waals surface area (Å²) >= 11 is 0. The molecule has 2 aliphatic heterocycles. The van der Waals surface area contributed by atoms with Crippen LogP contribution < -0.4 is 20.4 Å². The number of hydrogen-bond donors (Lipinski definition) is 2. The van der Waals surface area contributed by atoms with Crippen molar-refractivity contribution in [3.8, 4) is 0 Å². The van der Waals surface area contributed by atoms with E-state index in [1.807, 2.05) is 72.8 Å². The van der Waals surface area contributed by atoms with Crippen molar-refractivity contribution < 1.29 is 25.9 Å². The van der Waals surface area contributed by atoms with Crippen LogP contribution in [-0.4, -0.2) is 76.0 Å². The van der Waals surface area contributed by atoms with Crippen molar-refractivity contribution in [2.24, 2.45) is 0 Å². The predicted octanol–water partition coefficient (Wildman–Crippen LogP) is 12.2. The quantitative estimate of drug-likeness (QED) is 0.0355. The van der Waals surface area contributed by atoms with Crippen LogP contribution >= 0.6 is 0 Å². The van der Waals surface area contributed by atoms with E-state index in [0.717, 1.165) is 48.2 Å². The van der Waals surface area contributed by atoms with Gasteiger partial charge in [-0.25, -0.2) is 16.8 Å². The molecule has 2 atom stereocenters. The molecule has 0 saturated heterocycles. The third-order valence-electron chi connectivity index (χ3n) is 12.1. The Bertz CT molecular complexity index is 1990. The van der Waals surface area contributed by atoms with Crippen LogP contribution in [0.15, 0.2) is 107 Å². The first-order valence-electron chi connectivity index (χ1n) is 23.3. The van der Waals surface area contributed by atoms with Gasteiger partial charge in [0.05, 0.1) is 44.9 Å².